The van der Waals surface area contributed by atoms with Gasteiger partial charge in [-0.05, 0) is 18.9 Å². The van der Waals surface area contributed by atoms with Crippen molar-refractivity contribution in [2.45, 2.75) is 31.8 Å². The highest BCUT2D eigenvalue weighted by Gasteiger charge is 2.19. The van der Waals surface area contributed by atoms with Crippen LogP contribution < -0.4 is 0 Å². The monoisotopic (exact) mass is 208 g/mol. The highest BCUT2D eigenvalue weighted by atomic mass is 16.5. The first-order chi connectivity index (χ1) is 7.24. The Bertz CT molecular complexity index is 340. The number of ether oxygens (including phenoxy) is 1. The van der Waals surface area contributed by atoms with E-state index in [1.54, 1.807) is 4.68 Å². The quantitative estimate of drug-likeness (QED) is 0.744. The third kappa shape index (κ3) is 2.89. The van der Waals surface area contributed by atoms with Crippen LogP contribution in [0.4, 0.5) is 0 Å². The van der Waals surface area contributed by atoms with Crippen LogP contribution in [0.1, 0.15) is 25.0 Å². The van der Waals surface area contributed by atoms with Crippen LogP contribution in [0.3, 0.4) is 0 Å². The Morgan fingerprint density at radius 3 is 3.20 bits per heavy atom. The minimum absolute atomic E-state index is 0.154. The molecule has 1 aliphatic heterocycles. The molecule has 1 fully saturated rings. The summed E-state index contributed by atoms with van der Waals surface area (Å²) in [6, 6.07) is 1.88. The van der Waals surface area contributed by atoms with Gasteiger partial charge in [-0.25, -0.2) is 0 Å². The molecular formula is C11H16N2O2. The average Bonchev–Trinajstić information content (AvgIpc) is 2.77. The maximum Gasteiger partial charge on any atom is 0.141 e. The van der Waals surface area contributed by atoms with Gasteiger partial charge < -0.3 is 4.74 Å². The molecular weight excluding hydrogens is 192 g/mol. The Morgan fingerprint density at radius 1 is 1.73 bits per heavy atom. The Morgan fingerprint density at radius 2 is 2.60 bits per heavy atom. The van der Waals surface area contributed by atoms with Gasteiger partial charge in [0.1, 0.15) is 5.78 Å². The molecule has 1 aromatic rings. The summed E-state index contributed by atoms with van der Waals surface area (Å²) in [5.74, 6) is 0.223. The molecule has 1 aliphatic rings. The molecule has 0 N–H and O–H groups in total. The van der Waals surface area contributed by atoms with E-state index in [4.69, 9.17) is 4.74 Å². The first kappa shape index (κ1) is 10.4. The lowest BCUT2D eigenvalue weighted by Gasteiger charge is -2.06. The van der Waals surface area contributed by atoms with Crippen LogP contribution in [0.15, 0.2) is 12.3 Å². The number of rotatable bonds is 4. The van der Waals surface area contributed by atoms with Gasteiger partial charge in [0.05, 0.1) is 18.2 Å². The fourth-order valence-electron chi connectivity index (χ4n) is 1.89. The fraction of sp³-hybridized carbons (Fsp3) is 0.636. The number of Topliss-reactive ketones (excluding diaryl/α,β-unsaturated/α-hetero) is 1. The van der Waals surface area contributed by atoms with Crippen molar-refractivity contribution in [1.82, 2.24) is 9.78 Å². The van der Waals surface area contributed by atoms with E-state index in [9.17, 15) is 4.79 Å². The molecule has 1 saturated heterocycles. The van der Waals surface area contributed by atoms with E-state index >= 15 is 0 Å². The zero-order chi connectivity index (χ0) is 10.7. The molecule has 0 aromatic carbocycles. The summed E-state index contributed by atoms with van der Waals surface area (Å²) in [5.41, 5.74) is 0.848. The van der Waals surface area contributed by atoms with Gasteiger partial charge in [-0.1, -0.05) is 0 Å². The number of aromatic nitrogens is 2. The molecule has 82 valence electrons. The second-order valence-electron chi connectivity index (χ2n) is 4.04. The van der Waals surface area contributed by atoms with E-state index in [-0.39, 0.29) is 11.9 Å². The van der Waals surface area contributed by atoms with Gasteiger partial charge in [0.2, 0.25) is 0 Å². The van der Waals surface area contributed by atoms with Crippen molar-refractivity contribution in [3.05, 3.63) is 18.0 Å². The third-order valence-electron chi connectivity index (χ3n) is 2.63. The zero-order valence-corrected chi connectivity index (χ0v) is 8.98. The standard InChI is InChI=1S/C11H16N2O2/c1-13-5-4-9(12-13)7-10(14)8-11-3-2-6-15-11/h4-5,11H,2-3,6-8H2,1H3. The smallest absolute Gasteiger partial charge is 0.141 e. The van der Waals surface area contributed by atoms with Gasteiger partial charge in [-0.3, -0.25) is 9.48 Å². The Hall–Kier alpha value is -1.16. The summed E-state index contributed by atoms with van der Waals surface area (Å²) in [6.45, 7) is 0.807. The molecule has 0 saturated carbocycles. The van der Waals surface area contributed by atoms with Crippen molar-refractivity contribution in [2.24, 2.45) is 7.05 Å². The maximum atomic E-state index is 11.6. The van der Waals surface area contributed by atoms with Crippen LogP contribution in [-0.4, -0.2) is 28.3 Å². The molecule has 1 aromatic heterocycles. The maximum absolute atomic E-state index is 11.6. The average molecular weight is 208 g/mol. The minimum Gasteiger partial charge on any atom is -0.378 e. The Kier molecular flexibility index (Phi) is 3.16. The second kappa shape index (κ2) is 4.57. The molecule has 1 unspecified atom stereocenters. The number of hydrogen-bond donors (Lipinski definition) is 0. The number of hydrogen-bond acceptors (Lipinski definition) is 3. The van der Waals surface area contributed by atoms with Gasteiger partial charge in [0.25, 0.3) is 0 Å². The van der Waals surface area contributed by atoms with Gasteiger partial charge in [-0.2, -0.15) is 5.10 Å². The van der Waals surface area contributed by atoms with Gasteiger partial charge in [-0.15, -0.1) is 0 Å². The summed E-state index contributed by atoms with van der Waals surface area (Å²) >= 11 is 0. The predicted molar refractivity (Wildman–Crippen MR) is 55.5 cm³/mol. The topological polar surface area (TPSA) is 44.1 Å². The minimum atomic E-state index is 0.154. The molecule has 15 heavy (non-hydrogen) atoms. The zero-order valence-electron chi connectivity index (χ0n) is 8.98. The van der Waals surface area contributed by atoms with E-state index < -0.39 is 0 Å². The van der Waals surface area contributed by atoms with Crippen LogP contribution in [0, 0.1) is 0 Å². The summed E-state index contributed by atoms with van der Waals surface area (Å²) in [7, 11) is 1.86. The number of aryl methyl sites for hydroxylation is 1. The van der Waals surface area contributed by atoms with Gasteiger partial charge >= 0.3 is 0 Å². The van der Waals surface area contributed by atoms with E-state index in [1.807, 2.05) is 19.3 Å². The molecule has 0 spiro atoms. The molecule has 4 nitrogen and oxygen atoms in total. The second-order valence-corrected chi connectivity index (χ2v) is 4.04. The summed E-state index contributed by atoms with van der Waals surface area (Å²) < 4.78 is 7.14. The lowest BCUT2D eigenvalue weighted by atomic mass is 10.1. The fourth-order valence-corrected chi connectivity index (χ4v) is 1.89. The van der Waals surface area contributed by atoms with E-state index in [0.29, 0.717) is 12.8 Å². The van der Waals surface area contributed by atoms with Crippen LogP contribution in [0.2, 0.25) is 0 Å². The first-order valence-electron chi connectivity index (χ1n) is 5.36. The van der Waals surface area contributed by atoms with Crippen molar-refractivity contribution in [2.75, 3.05) is 6.61 Å². The van der Waals surface area contributed by atoms with Crippen LogP contribution >= 0.6 is 0 Å². The first-order valence-corrected chi connectivity index (χ1v) is 5.36. The summed E-state index contributed by atoms with van der Waals surface area (Å²) in [4.78, 5) is 11.6. The Labute approximate surface area is 89.2 Å². The molecule has 4 heteroatoms. The van der Waals surface area contributed by atoms with Crippen molar-refractivity contribution in [1.29, 1.82) is 0 Å². The van der Waals surface area contributed by atoms with Gasteiger partial charge in [0.15, 0.2) is 0 Å². The number of carbonyl (C=O) groups excluding carboxylic acids is 1. The largest absolute Gasteiger partial charge is 0.378 e. The summed E-state index contributed by atoms with van der Waals surface area (Å²) in [6.07, 6.45) is 5.09. The number of nitrogens with zero attached hydrogens (tertiary/aromatic N) is 2. The highest BCUT2D eigenvalue weighted by Crippen LogP contribution is 2.16. The van der Waals surface area contributed by atoms with E-state index in [2.05, 4.69) is 5.10 Å². The molecule has 1 atom stereocenters. The van der Waals surface area contributed by atoms with E-state index in [1.165, 1.54) is 0 Å². The van der Waals surface area contributed by atoms with Crippen LogP contribution in [-0.2, 0) is 23.0 Å². The van der Waals surface area contributed by atoms with Crippen molar-refractivity contribution in [3.63, 3.8) is 0 Å². The van der Waals surface area contributed by atoms with Gasteiger partial charge in [0, 0.05) is 26.3 Å². The lowest BCUT2D eigenvalue weighted by molar-refractivity contribution is -0.120. The highest BCUT2D eigenvalue weighted by molar-refractivity contribution is 5.80. The summed E-state index contributed by atoms with van der Waals surface area (Å²) in [5, 5.41) is 4.18. The van der Waals surface area contributed by atoms with Crippen molar-refractivity contribution < 1.29 is 9.53 Å². The third-order valence-corrected chi connectivity index (χ3v) is 2.63. The SMILES string of the molecule is Cn1ccc(CC(=O)CC2CCCO2)n1. The molecule has 2 heterocycles. The molecule has 0 aliphatic carbocycles. The number of ketones is 1. The Balaban J connectivity index is 1.81. The van der Waals surface area contributed by atoms with Crippen LogP contribution in [0.25, 0.3) is 0 Å². The molecule has 0 radical (unpaired) electrons. The normalized spacial score (nSPS) is 20.7. The van der Waals surface area contributed by atoms with Crippen LogP contribution in [0.5, 0.6) is 0 Å². The lowest BCUT2D eigenvalue weighted by Crippen LogP contribution is -2.14. The van der Waals surface area contributed by atoms with Crippen molar-refractivity contribution in [3.8, 4) is 0 Å². The molecule has 0 amide bonds. The predicted octanol–water partition coefficient (Wildman–Crippen LogP) is 1.10. The van der Waals surface area contributed by atoms with E-state index in [0.717, 1.165) is 25.1 Å². The van der Waals surface area contributed by atoms with Crippen molar-refractivity contribution >= 4 is 5.78 Å². The molecule has 2 rings (SSSR count). The molecule has 0 bridgehead atoms. The number of carbonyl (C=O) groups is 1.